The maximum Gasteiger partial charge on any atom is 0.259 e. The highest BCUT2D eigenvalue weighted by Gasteiger charge is 2.07. The third-order valence-corrected chi connectivity index (χ3v) is 3.44. The molecule has 0 bridgehead atoms. The second-order valence-corrected chi connectivity index (χ2v) is 5.64. The van der Waals surface area contributed by atoms with Crippen molar-refractivity contribution < 1.29 is 14.3 Å². The van der Waals surface area contributed by atoms with Crippen LogP contribution in [0.5, 0.6) is 5.75 Å². The van der Waals surface area contributed by atoms with Gasteiger partial charge in [0.05, 0.1) is 13.2 Å². The summed E-state index contributed by atoms with van der Waals surface area (Å²) in [7, 11) is 0. The second kappa shape index (κ2) is 11.3. The van der Waals surface area contributed by atoms with E-state index in [1.54, 1.807) is 30.3 Å². The lowest BCUT2D eigenvalue weighted by Crippen LogP contribution is -2.34. The highest BCUT2D eigenvalue weighted by molar-refractivity contribution is 5.96. The highest BCUT2D eigenvalue weighted by Crippen LogP contribution is 2.12. The van der Waals surface area contributed by atoms with Crippen LogP contribution in [0.25, 0.3) is 6.08 Å². The van der Waals surface area contributed by atoms with Crippen LogP contribution in [0, 0.1) is 0 Å². The molecule has 2 rings (SSSR count). The molecule has 0 aliphatic heterocycles. The monoisotopic (exact) mass is 365 g/mol. The molecule has 0 fully saturated rings. The smallest absolute Gasteiger partial charge is 0.259 e. The number of nitrogens with one attached hydrogen (secondary N) is 2. The maximum absolute atomic E-state index is 12.0. The third kappa shape index (κ3) is 7.56. The number of hydrogen-bond acceptors (Lipinski definition) is 4. The quantitative estimate of drug-likeness (QED) is 0.529. The third-order valence-electron chi connectivity index (χ3n) is 3.44. The van der Waals surface area contributed by atoms with Gasteiger partial charge >= 0.3 is 0 Å². The van der Waals surface area contributed by atoms with Gasteiger partial charge in [0.2, 0.25) is 0 Å². The Morgan fingerprint density at radius 3 is 2.52 bits per heavy atom. The first kappa shape index (κ1) is 19.9. The molecule has 0 aliphatic carbocycles. The van der Waals surface area contributed by atoms with Gasteiger partial charge in [0.25, 0.3) is 11.8 Å². The van der Waals surface area contributed by atoms with E-state index in [1.165, 1.54) is 6.21 Å². The summed E-state index contributed by atoms with van der Waals surface area (Å²) in [5.41, 5.74) is 3.85. The van der Waals surface area contributed by atoms with Gasteiger partial charge in [-0.25, -0.2) is 5.43 Å². The lowest BCUT2D eigenvalue weighted by atomic mass is 10.2. The number of carbonyl (C=O) groups is 2. The van der Waals surface area contributed by atoms with Crippen LogP contribution in [-0.2, 0) is 4.79 Å². The van der Waals surface area contributed by atoms with Crippen molar-refractivity contribution in [2.75, 3.05) is 13.2 Å². The van der Waals surface area contributed by atoms with Crippen molar-refractivity contribution in [3.63, 3.8) is 0 Å². The van der Waals surface area contributed by atoms with Crippen molar-refractivity contribution >= 4 is 24.1 Å². The van der Waals surface area contributed by atoms with Crippen molar-refractivity contribution in [3.8, 4) is 5.75 Å². The molecule has 2 aromatic carbocycles. The molecule has 0 spiro atoms. The lowest BCUT2D eigenvalue weighted by molar-refractivity contribution is -0.120. The van der Waals surface area contributed by atoms with E-state index in [0.717, 1.165) is 12.0 Å². The van der Waals surface area contributed by atoms with E-state index >= 15 is 0 Å². The Morgan fingerprint density at radius 2 is 1.81 bits per heavy atom. The van der Waals surface area contributed by atoms with Gasteiger partial charge < -0.3 is 10.1 Å². The number of benzene rings is 2. The van der Waals surface area contributed by atoms with Gasteiger partial charge in [-0.15, -0.1) is 0 Å². The fourth-order valence-electron chi connectivity index (χ4n) is 2.10. The molecule has 140 valence electrons. The number of ether oxygens (including phenoxy) is 1. The minimum Gasteiger partial charge on any atom is -0.494 e. The number of hydrogen-bond donors (Lipinski definition) is 2. The van der Waals surface area contributed by atoms with Crippen LogP contribution in [0.3, 0.4) is 0 Å². The zero-order valence-corrected chi connectivity index (χ0v) is 15.2. The Bertz CT molecular complexity index is 784. The molecular formula is C21H23N3O3. The Labute approximate surface area is 158 Å². The van der Waals surface area contributed by atoms with E-state index < -0.39 is 5.91 Å². The largest absolute Gasteiger partial charge is 0.494 e. The Balaban J connectivity index is 1.70. The van der Waals surface area contributed by atoms with Crippen LogP contribution in [-0.4, -0.2) is 31.2 Å². The number of carbonyl (C=O) groups excluding carboxylic acids is 2. The van der Waals surface area contributed by atoms with Crippen LogP contribution in [0.1, 0.15) is 29.3 Å². The van der Waals surface area contributed by atoms with Crippen molar-refractivity contribution in [1.82, 2.24) is 10.7 Å². The number of allylic oxidation sites excluding steroid dienone is 1. The van der Waals surface area contributed by atoms with Gasteiger partial charge in [0.1, 0.15) is 5.75 Å². The molecule has 2 aromatic rings. The van der Waals surface area contributed by atoms with Crippen LogP contribution in [0.2, 0.25) is 0 Å². The molecule has 0 unspecified atom stereocenters. The minimum absolute atomic E-state index is 0.160. The fourth-order valence-corrected chi connectivity index (χ4v) is 2.10. The standard InChI is InChI=1S/C21H23N3O3/c1-2-15-27-19-12-10-18(11-13-19)21(26)22-16-20(25)24-23-14-6-9-17-7-4-3-5-8-17/h3-14H,2,15-16H2,1H3,(H,22,26)(H,24,25)/b9-6+,23-14-. The molecule has 27 heavy (non-hydrogen) atoms. The summed E-state index contributed by atoms with van der Waals surface area (Å²) in [6.45, 7) is 2.50. The highest BCUT2D eigenvalue weighted by atomic mass is 16.5. The summed E-state index contributed by atoms with van der Waals surface area (Å²) in [5, 5.41) is 6.34. The van der Waals surface area contributed by atoms with Gasteiger partial charge in [-0.05, 0) is 42.3 Å². The molecule has 0 saturated carbocycles. The molecular weight excluding hydrogens is 342 g/mol. The molecule has 0 atom stereocenters. The lowest BCUT2D eigenvalue weighted by Gasteiger charge is -2.06. The SMILES string of the molecule is CCCOc1ccc(C(=O)NCC(=O)N/N=C\C=C\c2ccccc2)cc1. The van der Waals surface area contributed by atoms with Gasteiger partial charge in [0, 0.05) is 11.8 Å². The number of hydrazone groups is 1. The zero-order valence-electron chi connectivity index (χ0n) is 15.2. The van der Waals surface area contributed by atoms with Crippen LogP contribution >= 0.6 is 0 Å². The number of nitrogens with zero attached hydrogens (tertiary/aromatic N) is 1. The van der Waals surface area contributed by atoms with Crippen molar-refractivity contribution in [2.24, 2.45) is 5.10 Å². The molecule has 2 N–H and O–H groups in total. The van der Waals surface area contributed by atoms with Gasteiger partial charge in [-0.2, -0.15) is 5.10 Å². The topological polar surface area (TPSA) is 79.8 Å². The zero-order chi connectivity index (χ0) is 19.3. The van der Waals surface area contributed by atoms with Gasteiger partial charge in [-0.1, -0.05) is 43.3 Å². The predicted molar refractivity (Wildman–Crippen MR) is 107 cm³/mol. The molecule has 6 heteroatoms. The van der Waals surface area contributed by atoms with Crippen LogP contribution < -0.4 is 15.5 Å². The molecule has 0 aliphatic rings. The van der Waals surface area contributed by atoms with Crippen molar-refractivity contribution in [2.45, 2.75) is 13.3 Å². The molecule has 0 aromatic heterocycles. The number of amides is 2. The van der Waals surface area contributed by atoms with E-state index in [9.17, 15) is 9.59 Å². The van der Waals surface area contributed by atoms with Crippen molar-refractivity contribution in [3.05, 3.63) is 71.8 Å². The van der Waals surface area contributed by atoms with E-state index in [4.69, 9.17) is 4.74 Å². The minimum atomic E-state index is -0.407. The average Bonchev–Trinajstić information content (AvgIpc) is 2.71. The molecule has 0 heterocycles. The molecule has 0 saturated heterocycles. The number of rotatable bonds is 9. The van der Waals surface area contributed by atoms with Gasteiger partial charge in [0.15, 0.2) is 0 Å². The van der Waals surface area contributed by atoms with Crippen LogP contribution in [0.4, 0.5) is 0 Å². The summed E-state index contributed by atoms with van der Waals surface area (Å²) < 4.78 is 5.46. The summed E-state index contributed by atoms with van der Waals surface area (Å²) in [5.74, 6) is -0.0280. The van der Waals surface area contributed by atoms with E-state index in [-0.39, 0.29) is 12.5 Å². The summed E-state index contributed by atoms with van der Waals surface area (Å²) in [6.07, 6.45) is 5.98. The summed E-state index contributed by atoms with van der Waals surface area (Å²) in [6, 6.07) is 16.5. The first-order chi connectivity index (χ1) is 13.2. The predicted octanol–water partition coefficient (Wildman–Crippen LogP) is 3.02. The fraction of sp³-hybridized carbons (Fsp3) is 0.190. The Morgan fingerprint density at radius 1 is 1.07 bits per heavy atom. The normalized spacial score (nSPS) is 10.9. The molecule has 6 nitrogen and oxygen atoms in total. The van der Waals surface area contributed by atoms with E-state index in [1.807, 2.05) is 43.3 Å². The maximum atomic E-state index is 12.0. The molecule has 2 amide bonds. The van der Waals surface area contributed by atoms with Crippen LogP contribution in [0.15, 0.2) is 65.8 Å². The Kier molecular flexibility index (Phi) is 8.30. The van der Waals surface area contributed by atoms with E-state index in [2.05, 4.69) is 15.8 Å². The molecule has 0 radical (unpaired) electrons. The average molecular weight is 365 g/mol. The second-order valence-electron chi connectivity index (χ2n) is 5.64. The Hall–Kier alpha value is -3.41. The van der Waals surface area contributed by atoms with E-state index in [0.29, 0.717) is 17.9 Å². The summed E-state index contributed by atoms with van der Waals surface area (Å²) >= 11 is 0. The van der Waals surface area contributed by atoms with Gasteiger partial charge in [-0.3, -0.25) is 9.59 Å². The van der Waals surface area contributed by atoms with Crippen molar-refractivity contribution in [1.29, 1.82) is 0 Å². The first-order valence-electron chi connectivity index (χ1n) is 8.73. The first-order valence-corrected chi connectivity index (χ1v) is 8.73. The summed E-state index contributed by atoms with van der Waals surface area (Å²) in [4.78, 5) is 23.7.